The second kappa shape index (κ2) is 22.1. The zero-order chi connectivity index (χ0) is 49.4. The van der Waals surface area contributed by atoms with Crippen LogP contribution in [0.4, 0.5) is 10.5 Å². The molecule has 16 heteroatoms. The zero-order valence-electron chi connectivity index (χ0n) is 39.5. The number of nitrogens with one attached hydrogen (secondary N) is 4. The maximum atomic E-state index is 13.9. The first kappa shape index (κ1) is 50.2. The number of rotatable bonds is 13. The van der Waals surface area contributed by atoms with Crippen LogP contribution in [0.15, 0.2) is 103 Å². The van der Waals surface area contributed by atoms with Gasteiger partial charge in [-0.1, -0.05) is 105 Å². The van der Waals surface area contributed by atoms with Crippen LogP contribution in [0.1, 0.15) is 81.7 Å². The number of carbonyl (C=O) groups excluding carboxylic acids is 6. The Labute approximate surface area is 407 Å². The number of anilines is 1. The third kappa shape index (κ3) is 12.7. The number of hydrogen-bond donors (Lipinski definition) is 4. The van der Waals surface area contributed by atoms with Crippen molar-refractivity contribution in [2.45, 2.75) is 90.3 Å². The van der Waals surface area contributed by atoms with Crippen molar-refractivity contribution in [3.05, 3.63) is 130 Å². The number of benzene rings is 4. The number of hydrogen-bond acceptors (Lipinski definition) is 11. The molecule has 4 aromatic carbocycles. The third-order valence-corrected chi connectivity index (χ3v) is 12.8. The predicted molar refractivity (Wildman–Crippen MR) is 258 cm³/mol. The molecule has 0 aromatic heterocycles. The van der Waals surface area contributed by atoms with Crippen LogP contribution in [0.2, 0.25) is 5.02 Å². The summed E-state index contributed by atoms with van der Waals surface area (Å²) in [5.74, 6) is -3.07. The number of esters is 2. The van der Waals surface area contributed by atoms with Crippen LogP contribution in [-0.4, -0.2) is 86.9 Å². The number of fused-ring (bicyclic) bond motifs is 3. The number of epoxide rings is 1. The average molecular weight is 964 g/mol. The molecule has 0 radical (unpaired) electrons. The molecule has 1 fully saturated rings. The van der Waals surface area contributed by atoms with Gasteiger partial charge in [0.1, 0.15) is 37.2 Å². The van der Waals surface area contributed by atoms with E-state index in [0.29, 0.717) is 22.0 Å². The quantitative estimate of drug-likeness (QED) is 0.0585. The molecule has 1 saturated heterocycles. The fourth-order valence-electron chi connectivity index (χ4n) is 8.59. The number of carbonyl (C=O) groups is 6. The van der Waals surface area contributed by atoms with Gasteiger partial charge in [0.15, 0.2) is 6.10 Å². The average Bonchev–Trinajstić information content (AvgIpc) is 4.06. The Morgan fingerprint density at radius 1 is 0.899 bits per heavy atom. The third-order valence-electron chi connectivity index (χ3n) is 12.5. The fourth-order valence-corrected chi connectivity index (χ4v) is 8.87. The number of ether oxygens (including phenoxy) is 5. The van der Waals surface area contributed by atoms with Gasteiger partial charge < -0.3 is 45.0 Å². The molecule has 69 heavy (non-hydrogen) atoms. The molecule has 4 N–H and O–H groups in total. The molecule has 1 aliphatic carbocycles. The molecule has 2 heterocycles. The number of cyclic esters (lactones) is 2. The zero-order valence-corrected chi connectivity index (χ0v) is 40.3. The number of halogens is 1. The van der Waals surface area contributed by atoms with Gasteiger partial charge in [-0.25, -0.2) is 9.59 Å². The van der Waals surface area contributed by atoms with Crippen molar-refractivity contribution in [3.8, 4) is 16.9 Å². The molecule has 0 unspecified atom stereocenters. The van der Waals surface area contributed by atoms with Gasteiger partial charge in [-0.2, -0.15) is 0 Å². The molecule has 2 aliphatic heterocycles. The Bertz CT molecular complexity index is 2530. The largest absolute Gasteiger partial charge is 0.495 e. The summed E-state index contributed by atoms with van der Waals surface area (Å²) < 4.78 is 28.9. The molecular weight excluding hydrogens is 904 g/mol. The van der Waals surface area contributed by atoms with Crippen LogP contribution >= 0.6 is 11.6 Å². The van der Waals surface area contributed by atoms with Gasteiger partial charge in [0.25, 0.3) is 0 Å². The Kier molecular flexibility index (Phi) is 16.1. The van der Waals surface area contributed by atoms with E-state index < -0.39 is 71.4 Å². The monoisotopic (exact) mass is 962 g/mol. The van der Waals surface area contributed by atoms with Crippen LogP contribution in [-0.2, 0) is 49.3 Å². The highest BCUT2D eigenvalue weighted by Crippen LogP contribution is 2.46. The Morgan fingerprint density at radius 3 is 2.23 bits per heavy atom. The maximum Gasteiger partial charge on any atom is 0.407 e. The molecular formula is C53H59ClN4O11. The van der Waals surface area contributed by atoms with E-state index in [0.717, 1.165) is 27.8 Å². The van der Waals surface area contributed by atoms with Gasteiger partial charge in [-0.05, 0) is 89.9 Å². The molecule has 4 amide bonds. The van der Waals surface area contributed by atoms with Crippen LogP contribution in [0, 0.1) is 17.3 Å². The molecule has 0 saturated carbocycles. The van der Waals surface area contributed by atoms with Crippen LogP contribution in [0.3, 0.4) is 0 Å². The highest BCUT2D eigenvalue weighted by atomic mass is 35.5. The first-order valence-corrected chi connectivity index (χ1v) is 23.5. The van der Waals surface area contributed by atoms with E-state index in [1.165, 1.54) is 13.2 Å². The lowest BCUT2D eigenvalue weighted by Gasteiger charge is -2.29. The normalized spacial score (nSPS) is 22.4. The van der Waals surface area contributed by atoms with Crippen molar-refractivity contribution in [1.82, 2.24) is 16.0 Å². The van der Waals surface area contributed by atoms with E-state index in [1.807, 2.05) is 69.3 Å². The first-order chi connectivity index (χ1) is 33.0. The van der Waals surface area contributed by atoms with Crippen LogP contribution in [0.25, 0.3) is 11.1 Å². The van der Waals surface area contributed by atoms with Gasteiger partial charge >= 0.3 is 18.0 Å². The van der Waals surface area contributed by atoms with Gasteiger partial charge in [0.05, 0.1) is 23.7 Å². The summed E-state index contributed by atoms with van der Waals surface area (Å²) in [7, 11) is 1.49. The molecule has 364 valence electrons. The van der Waals surface area contributed by atoms with Gasteiger partial charge in [-0.15, -0.1) is 0 Å². The molecule has 0 bridgehead atoms. The van der Waals surface area contributed by atoms with E-state index in [1.54, 1.807) is 50.3 Å². The molecule has 15 nitrogen and oxygen atoms in total. The standard InChI is InChI=1S/C53H59ClN4O11/c1-30(2)24-44-50(62)67-42(16-11-17-45(59)58-41(26-32-18-23-43(65-6)40(54)25-32)49(61)56-29-53(4,5)51(63)68-44)31(3)47-48(69-47)33-19-21-34(22-20-33)57-46(60)27-55-52(64)66-28-39-37-14-9-7-12-35(37)36-13-8-10-15-38(36)39/h7-15,17-23,25,30-31,39,41-42,44,47-48H,16,24,26-29H2,1-6H3,(H,55,64)(H,56,61)(H,57,60)(H,58,59)/b17-11+/t31-,41+,42-,44-,47+,48+/m0/s1. The van der Waals surface area contributed by atoms with Crippen molar-refractivity contribution >= 4 is 53.0 Å². The predicted octanol–water partition coefficient (Wildman–Crippen LogP) is 7.60. The SMILES string of the molecule is COc1ccc(C[C@H]2NC(=O)/C=C/C[C@@H]([C@H](C)[C@H]3O[C@@H]3c3ccc(NC(=O)CNC(=O)OCC4c5ccccc5-c5ccccc54)cc3)OC(=O)[C@H](CC(C)C)OC(=O)C(C)(C)CNC2=O)cc1Cl. The van der Waals surface area contributed by atoms with E-state index >= 15 is 0 Å². The minimum atomic E-state index is -1.26. The topological polar surface area (TPSA) is 200 Å². The van der Waals surface area contributed by atoms with Crippen molar-refractivity contribution in [3.63, 3.8) is 0 Å². The smallest absolute Gasteiger partial charge is 0.407 e. The Hall–Kier alpha value is -6.71. The van der Waals surface area contributed by atoms with Crippen molar-refractivity contribution in [2.24, 2.45) is 17.3 Å². The highest BCUT2D eigenvalue weighted by Gasteiger charge is 2.48. The highest BCUT2D eigenvalue weighted by molar-refractivity contribution is 6.32. The minimum absolute atomic E-state index is 0.0445. The summed E-state index contributed by atoms with van der Waals surface area (Å²) in [6.45, 7) is 8.54. The summed E-state index contributed by atoms with van der Waals surface area (Å²) in [4.78, 5) is 80.1. The van der Waals surface area contributed by atoms with Crippen molar-refractivity contribution in [1.29, 1.82) is 0 Å². The van der Waals surface area contributed by atoms with E-state index in [4.69, 9.17) is 35.3 Å². The summed E-state index contributed by atoms with van der Waals surface area (Å²) in [6.07, 6.45) is -0.281. The number of alkyl carbamates (subject to hydrolysis) is 1. The van der Waals surface area contributed by atoms with Crippen LogP contribution < -0.4 is 26.0 Å². The molecule has 0 spiro atoms. The van der Waals surface area contributed by atoms with E-state index in [-0.39, 0.29) is 56.9 Å². The second-order valence-corrected chi connectivity index (χ2v) is 19.1. The fraction of sp³-hybridized carbons (Fsp3) is 0.396. The Balaban J connectivity index is 0.971. The van der Waals surface area contributed by atoms with Crippen molar-refractivity contribution < 1.29 is 52.5 Å². The molecule has 6 atom stereocenters. The lowest BCUT2D eigenvalue weighted by Crippen LogP contribution is -2.51. The number of amides is 4. The summed E-state index contributed by atoms with van der Waals surface area (Å²) in [6, 6.07) is 27.2. The lowest BCUT2D eigenvalue weighted by atomic mass is 9.92. The minimum Gasteiger partial charge on any atom is -0.495 e. The maximum absolute atomic E-state index is 13.9. The summed E-state index contributed by atoms with van der Waals surface area (Å²) in [5, 5.41) is 11.2. The summed E-state index contributed by atoms with van der Waals surface area (Å²) >= 11 is 6.37. The van der Waals surface area contributed by atoms with Crippen molar-refractivity contribution in [2.75, 3.05) is 32.1 Å². The van der Waals surface area contributed by atoms with Gasteiger partial charge in [0.2, 0.25) is 17.7 Å². The van der Waals surface area contributed by atoms with Crippen LogP contribution in [0.5, 0.6) is 5.75 Å². The number of methoxy groups -OCH3 is 1. The molecule has 3 aliphatic rings. The first-order valence-electron chi connectivity index (χ1n) is 23.1. The summed E-state index contributed by atoms with van der Waals surface area (Å²) in [5.41, 5.74) is 5.12. The van der Waals surface area contributed by atoms with Gasteiger partial charge in [0, 0.05) is 36.9 Å². The second-order valence-electron chi connectivity index (χ2n) is 18.7. The lowest BCUT2D eigenvalue weighted by molar-refractivity contribution is -0.179. The Morgan fingerprint density at radius 2 is 1.58 bits per heavy atom. The van der Waals surface area contributed by atoms with E-state index in [2.05, 4.69) is 33.4 Å². The van der Waals surface area contributed by atoms with E-state index in [9.17, 15) is 28.8 Å². The molecule has 4 aromatic rings. The van der Waals surface area contributed by atoms with Gasteiger partial charge in [-0.3, -0.25) is 19.2 Å². The molecule has 7 rings (SSSR count).